The first-order chi connectivity index (χ1) is 7.95. The molecule has 3 atom stereocenters. The molecule has 1 heterocycles. The number of aliphatic carboxylic acids is 1. The fourth-order valence-electron chi connectivity index (χ4n) is 2.04. The molecular formula is C11H14N2O4. The van der Waals surface area contributed by atoms with Gasteiger partial charge in [0.25, 0.3) is 0 Å². The third-order valence-corrected chi connectivity index (χ3v) is 2.99. The molecule has 2 rings (SSSR count). The molecule has 0 spiro atoms. The molecule has 0 bridgehead atoms. The predicted octanol–water partition coefficient (Wildman–Crippen LogP) is -0.580. The van der Waals surface area contributed by atoms with E-state index in [-0.39, 0.29) is 6.42 Å². The van der Waals surface area contributed by atoms with Gasteiger partial charge in [0, 0.05) is 17.7 Å². The number of hydrogen-bond acceptors (Lipinski definition) is 5. The zero-order chi connectivity index (χ0) is 12.6. The van der Waals surface area contributed by atoms with Gasteiger partial charge >= 0.3 is 5.97 Å². The van der Waals surface area contributed by atoms with Gasteiger partial charge in [0.05, 0.1) is 0 Å². The van der Waals surface area contributed by atoms with Crippen LogP contribution in [0, 0.1) is 0 Å². The first-order valence-electron chi connectivity index (χ1n) is 5.20. The number of aliphatic hydroxyl groups excluding tert-OH is 1. The molecule has 6 nitrogen and oxygen atoms in total. The van der Waals surface area contributed by atoms with Crippen LogP contribution in [-0.2, 0) is 10.4 Å². The number of rotatable bonds is 3. The van der Waals surface area contributed by atoms with Gasteiger partial charge in [0.2, 0.25) is 0 Å². The molecule has 1 aliphatic rings. The summed E-state index contributed by atoms with van der Waals surface area (Å²) in [5.41, 5.74) is 4.78. The summed E-state index contributed by atoms with van der Waals surface area (Å²) in [6.45, 7) is 0. The van der Waals surface area contributed by atoms with Crippen molar-refractivity contribution in [2.24, 2.45) is 5.73 Å². The van der Waals surface area contributed by atoms with Crippen LogP contribution in [-0.4, -0.2) is 33.6 Å². The van der Waals surface area contributed by atoms with E-state index in [1.54, 1.807) is 24.3 Å². The molecule has 1 unspecified atom stereocenters. The van der Waals surface area contributed by atoms with Crippen LogP contribution >= 0.6 is 0 Å². The average molecular weight is 238 g/mol. The molecule has 1 aromatic carbocycles. The molecule has 1 aromatic rings. The third kappa shape index (κ3) is 1.86. The van der Waals surface area contributed by atoms with Gasteiger partial charge in [-0.15, -0.1) is 0 Å². The molecule has 0 aromatic heterocycles. The summed E-state index contributed by atoms with van der Waals surface area (Å²) in [5, 5.41) is 31.6. The van der Waals surface area contributed by atoms with Crippen molar-refractivity contribution in [1.82, 2.24) is 0 Å². The summed E-state index contributed by atoms with van der Waals surface area (Å²) >= 11 is 0. The number of carbonyl (C=O) groups is 1. The number of aliphatic hydroxyl groups is 2. The molecule has 0 aliphatic carbocycles. The maximum Gasteiger partial charge on any atom is 0.320 e. The topological polar surface area (TPSA) is 116 Å². The Morgan fingerprint density at radius 1 is 1.53 bits per heavy atom. The van der Waals surface area contributed by atoms with Gasteiger partial charge in [0.1, 0.15) is 11.6 Å². The van der Waals surface area contributed by atoms with E-state index >= 15 is 0 Å². The summed E-state index contributed by atoms with van der Waals surface area (Å²) in [4.78, 5) is 10.7. The highest BCUT2D eigenvalue weighted by Gasteiger charge is 2.46. The normalized spacial score (nSPS) is 28.3. The van der Waals surface area contributed by atoms with E-state index < -0.39 is 23.8 Å². The highest BCUT2D eigenvalue weighted by molar-refractivity contribution is 5.73. The fourth-order valence-corrected chi connectivity index (χ4v) is 2.04. The fraction of sp³-hybridized carbons (Fsp3) is 0.364. The van der Waals surface area contributed by atoms with E-state index in [1.807, 2.05) is 0 Å². The number of carboxylic acid groups (broad SMARTS) is 1. The molecule has 0 saturated carbocycles. The monoisotopic (exact) mass is 238 g/mol. The van der Waals surface area contributed by atoms with Gasteiger partial charge in [-0.05, 0) is 6.07 Å². The lowest BCUT2D eigenvalue weighted by Gasteiger charge is -2.28. The minimum absolute atomic E-state index is 0.256. The van der Waals surface area contributed by atoms with Crippen molar-refractivity contribution in [3.8, 4) is 0 Å². The zero-order valence-corrected chi connectivity index (χ0v) is 9.00. The standard InChI is InChI=1S/C11H14N2O4/c12-7(9(14)15)5-11(17)6-3-1-2-4-8(6)13-10(11)16/h1-4,7,10,13,16-17H,5,12H2,(H,14,15)/t7-,10?,11-/m0/s1. The first-order valence-corrected chi connectivity index (χ1v) is 5.20. The highest BCUT2D eigenvalue weighted by atomic mass is 16.4. The SMILES string of the molecule is N[C@@H](C[C@]1(O)c2ccccc2NC1O)C(=O)O. The van der Waals surface area contributed by atoms with E-state index in [1.165, 1.54) is 0 Å². The van der Waals surface area contributed by atoms with Gasteiger partial charge in [0.15, 0.2) is 6.23 Å². The number of para-hydroxylation sites is 1. The van der Waals surface area contributed by atoms with E-state index in [4.69, 9.17) is 10.8 Å². The maximum absolute atomic E-state index is 10.7. The second-order valence-electron chi connectivity index (χ2n) is 4.17. The molecule has 0 amide bonds. The van der Waals surface area contributed by atoms with Crippen LogP contribution in [0.4, 0.5) is 5.69 Å². The van der Waals surface area contributed by atoms with Crippen molar-refractivity contribution in [2.45, 2.75) is 24.3 Å². The molecule has 6 heteroatoms. The second-order valence-corrected chi connectivity index (χ2v) is 4.17. The van der Waals surface area contributed by atoms with Gasteiger partial charge < -0.3 is 26.4 Å². The van der Waals surface area contributed by atoms with Crippen molar-refractivity contribution in [3.05, 3.63) is 29.8 Å². The molecule has 92 valence electrons. The minimum Gasteiger partial charge on any atom is -0.480 e. The van der Waals surface area contributed by atoms with Crippen molar-refractivity contribution < 1.29 is 20.1 Å². The molecule has 6 N–H and O–H groups in total. The largest absolute Gasteiger partial charge is 0.480 e. The maximum atomic E-state index is 10.7. The third-order valence-electron chi connectivity index (χ3n) is 2.99. The molecule has 0 radical (unpaired) electrons. The second kappa shape index (κ2) is 3.99. The van der Waals surface area contributed by atoms with Gasteiger partial charge in [-0.25, -0.2) is 0 Å². The van der Waals surface area contributed by atoms with Gasteiger partial charge in [-0.3, -0.25) is 4.79 Å². The average Bonchev–Trinajstić information content (AvgIpc) is 2.52. The van der Waals surface area contributed by atoms with Crippen molar-refractivity contribution >= 4 is 11.7 Å². The molecule has 17 heavy (non-hydrogen) atoms. The van der Waals surface area contributed by atoms with E-state index in [0.29, 0.717) is 11.3 Å². The smallest absolute Gasteiger partial charge is 0.320 e. The molecular weight excluding hydrogens is 224 g/mol. The highest BCUT2D eigenvalue weighted by Crippen LogP contribution is 2.40. The predicted molar refractivity (Wildman–Crippen MR) is 60.2 cm³/mol. The summed E-state index contributed by atoms with van der Waals surface area (Å²) in [6.07, 6.45) is -1.52. The minimum atomic E-state index is -1.67. The van der Waals surface area contributed by atoms with Gasteiger partial charge in [-0.1, -0.05) is 18.2 Å². The Kier molecular flexibility index (Phi) is 2.78. The Morgan fingerprint density at radius 2 is 2.18 bits per heavy atom. The number of benzene rings is 1. The number of hydrogen-bond donors (Lipinski definition) is 5. The van der Waals surface area contributed by atoms with E-state index in [9.17, 15) is 15.0 Å². The van der Waals surface area contributed by atoms with Crippen molar-refractivity contribution in [1.29, 1.82) is 0 Å². The molecule has 0 fully saturated rings. The van der Waals surface area contributed by atoms with Crippen LogP contribution in [0.2, 0.25) is 0 Å². The lowest BCUT2D eigenvalue weighted by Crippen LogP contribution is -2.46. The number of nitrogens with one attached hydrogen (secondary N) is 1. The van der Waals surface area contributed by atoms with Crippen LogP contribution in [0.15, 0.2) is 24.3 Å². The van der Waals surface area contributed by atoms with Gasteiger partial charge in [-0.2, -0.15) is 0 Å². The summed E-state index contributed by atoms with van der Waals surface area (Å²) in [7, 11) is 0. The van der Waals surface area contributed by atoms with Crippen LogP contribution in [0.5, 0.6) is 0 Å². The van der Waals surface area contributed by atoms with Crippen LogP contribution < -0.4 is 11.1 Å². The Hall–Kier alpha value is -1.63. The Balaban J connectivity index is 2.33. The number of fused-ring (bicyclic) bond motifs is 1. The Labute approximate surface area is 97.7 Å². The molecule has 0 saturated heterocycles. The lowest BCUT2D eigenvalue weighted by atomic mass is 9.88. The van der Waals surface area contributed by atoms with Crippen LogP contribution in [0.25, 0.3) is 0 Å². The van der Waals surface area contributed by atoms with Crippen molar-refractivity contribution in [2.75, 3.05) is 5.32 Å². The van der Waals surface area contributed by atoms with Crippen LogP contribution in [0.1, 0.15) is 12.0 Å². The number of anilines is 1. The first kappa shape index (κ1) is 11.8. The van der Waals surface area contributed by atoms with E-state index in [0.717, 1.165) is 0 Å². The number of carboxylic acids is 1. The summed E-state index contributed by atoms with van der Waals surface area (Å²) in [5.74, 6) is -1.21. The summed E-state index contributed by atoms with van der Waals surface area (Å²) < 4.78 is 0. The zero-order valence-electron chi connectivity index (χ0n) is 9.00. The van der Waals surface area contributed by atoms with Crippen LogP contribution in [0.3, 0.4) is 0 Å². The quantitative estimate of drug-likeness (QED) is 0.481. The summed E-state index contributed by atoms with van der Waals surface area (Å²) in [6, 6.07) is 5.55. The number of nitrogens with two attached hydrogens (primary N) is 1. The molecule has 1 aliphatic heterocycles. The Bertz CT molecular complexity index is 451. The van der Waals surface area contributed by atoms with E-state index in [2.05, 4.69) is 5.32 Å². The lowest BCUT2D eigenvalue weighted by molar-refractivity contribution is -0.142. The Morgan fingerprint density at radius 3 is 2.82 bits per heavy atom. The van der Waals surface area contributed by atoms with Crippen molar-refractivity contribution in [3.63, 3.8) is 0 Å².